The Labute approximate surface area is 139 Å². The predicted octanol–water partition coefficient (Wildman–Crippen LogP) is 2.38. The van der Waals surface area contributed by atoms with Crippen molar-refractivity contribution in [3.63, 3.8) is 0 Å². The van der Waals surface area contributed by atoms with Crippen LogP contribution in [0.15, 0.2) is 24.3 Å². The molecular formula is C19H27N3O. The Kier molecular flexibility index (Phi) is 4.72. The smallest absolute Gasteiger partial charge is 0.108 e. The second-order valence-electron chi connectivity index (χ2n) is 7.38. The van der Waals surface area contributed by atoms with Gasteiger partial charge in [-0.3, -0.25) is 9.80 Å². The van der Waals surface area contributed by atoms with Crippen LogP contribution in [0.1, 0.15) is 36.8 Å². The fourth-order valence-electron chi connectivity index (χ4n) is 4.11. The Hall–Kier alpha value is -1.41. The zero-order valence-electron chi connectivity index (χ0n) is 14.2. The van der Waals surface area contributed by atoms with Crippen LogP contribution in [0.5, 0.6) is 0 Å². The highest BCUT2D eigenvalue weighted by molar-refractivity contribution is 5.30. The highest BCUT2D eigenvalue weighted by Crippen LogP contribution is 2.37. The van der Waals surface area contributed by atoms with E-state index in [0.29, 0.717) is 5.92 Å². The van der Waals surface area contributed by atoms with Gasteiger partial charge >= 0.3 is 0 Å². The average molecular weight is 313 g/mol. The first-order valence-corrected chi connectivity index (χ1v) is 8.60. The van der Waals surface area contributed by atoms with Crippen molar-refractivity contribution in [2.24, 2.45) is 5.92 Å². The van der Waals surface area contributed by atoms with Crippen molar-refractivity contribution in [1.29, 1.82) is 5.26 Å². The van der Waals surface area contributed by atoms with Gasteiger partial charge in [0.15, 0.2) is 0 Å². The Morgan fingerprint density at radius 2 is 1.83 bits per heavy atom. The van der Waals surface area contributed by atoms with E-state index in [9.17, 15) is 10.4 Å². The third-order valence-electron chi connectivity index (χ3n) is 5.82. The number of β-amino-alcohol motifs (C(OH)–C–C–N with tert-alkyl or cyclic N) is 1. The van der Waals surface area contributed by atoms with Gasteiger partial charge in [-0.2, -0.15) is 5.26 Å². The molecule has 2 aliphatic rings. The fraction of sp³-hybridized carbons (Fsp3) is 0.632. The summed E-state index contributed by atoms with van der Waals surface area (Å²) < 4.78 is 0. The predicted molar refractivity (Wildman–Crippen MR) is 90.6 cm³/mol. The molecule has 0 spiro atoms. The lowest BCUT2D eigenvalue weighted by atomic mass is 9.74. The Morgan fingerprint density at radius 1 is 1.26 bits per heavy atom. The van der Waals surface area contributed by atoms with Crippen LogP contribution in [0, 0.1) is 17.2 Å². The van der Waals surface area contributed by atoms with Crippen molar-refractivity contribution in [2.75, 3.05) is 20.6 Å². The van der Waals surface area contributed by atoms with Crippen molar-refractivity contribution in [3.05, 3.63) is 35.4 Å². The van der Waals surface area contributed by atoms with Gasteiger partial charge in [0.05, 0.1) is 12.2 Å². The molecule has 23 heavy (non-hydrogen) atoms. The summed E-state index contributed by atoms with van der Waals surface area (Å²) in [5.41, 5.74) is 2.44. The molecule has 1 atom stereocenters. The summed E-state index contributed by atoms with van der Waals surface area (Å²) in [6, 6.07) is 11.0. The van der Waals surface area contributed by atoms with E-state index in [2.05, 4.69) is 35.2 Å². The topological polar surface area (TPSA) is 50.5 Å². The minimum atomic E-state index is -0.333. The van der Waals surface area contributed by atoms with Gasteiger partial charge in [0.1, 0.15) is 5.54 Å². The Balaban J connectivity index is 1.53. The number of hydrogen-bond donors (Lipinski definition) is 1. The number of rotatable bonds is 4. The van der Waals surface area contributed by atoms with Gasteiger partial charge in [0.2, 0.25) is 0 Å². The van der Waals surface area contributed by atoms with Crippen LogP contribution in [-0.2, 0) is 13.1 Å². The van der Waals surface area contributed by atoms with Gasteiger partial charge in [-0.15, -0.1) is 0 Å². The summed E-state index contributed by atoms with van der Waals surface area (Å²) in [5.74, 6) is 0.320. The number of nitrogens with zero attached hydrogens (tertiary/aromatic N) is 3. The molecule has 124 valence electrons. The minimum Gasteiger partial charge on any atom is -0.392 e. The maximum absolute atomic E-state index is 10.7. The van der Waals surface area contributed by atoms with Gasteiger partial charge in [-0.1, -0.05) is 24.3 Å². The summed E-state index contributed by atoms with van der Waals surface area (Å²) in [4.78, 5) is 4.39. The second kappa shape index (κ2) is 6.60. The normalized spacial score (nSPS) is 29.3. The highest BCUT2D eigenvalue weighted by Gasteiger charge is 2.39. The third-order valence-corrected chi connectivity index (χ3v) is 5.82. The van der Waals surface area contributed by atoms with E-state index in [1.807, 2.05) is 19.0 Å². The van der Waals surface area contributed by atoms with E-state index >= 15 is 0 Å². The molecule has 1 N–H and O–H groups in total. The molecule has 1 aliphatic heterocycles. The summed E-state index contributed by atoms with van der Waals surface area (Å²) in [7, 11) is 3.98. The van der Waals surface area contributed by atoms with Crippen LogP contribution in [0.4, 0.5) is 0 Å². The molecule has 0 bridgehead atoms. The van der Waals surface area contributed by atoms with Gasteiger partial charge in [0, 0.05) is 19.6 Å². The zero-order valence-corrected chi connectivity index (χ0v) is 14.2. The van der Waals surface area contributed by atoms with Crippen molar-refractivity contribution >= 4 is 0 Å². The summed E-state index contributed by atoms with van der Waals surface area (Å²) >= 11 is 0. The van der Waals surface area contributed by atoms with E-state index in [1.165, 1.54) is 11.1 Å². The molecular weight excluding hydrogens is 286 g/mol. The van der Waals surface area contributed by atoms with Crippen molar-refractivity contribution < 1.29 is 5.11 Å². The quantitative estimate of drug-likeness (QED) is 0.927. The first-order valence-electron chi connectivity index (χ1n) is 8.60. The van der Waals surface area contributed by atoms with Crippen molar-refractivity contribution in [3.8, 4) is 6.07 Å². The van der Waals surface area contributed by atoms with Crippen molar-refractivity contribution in [1.82, 2.24) is 9.80 Å². The molecule has 1 saturated carbocycles. The van der Waals surface area contributed by atoms with Crippen LogP contribution in [-0.4, -0.2) is 47.2 Å². The number of hydrogen-bond acceptors (Lipinski definition) is 4. The van der Waals surface area contributed by atoms with Crippen LogP contribution >= 0.6 is 0 Å². The number of aliphatic hydroxyl groups is 1. The zero-order chi connectivity index (χ0) is 16.4. The monoisotopic (exact) mass is 313 g/mol. The molecule has 1 unspecified atom stereocenters. The molecule has 4 heteroatoms. The number of benzene rings is 1. The lowest BCUT2D eigenvalue weighted by Crippen LogP contribution is -2.47. The van der Waals surface area contributed by atoms with E-state index in [0.717, 1.165) is 45.3 Å². The molecule has 1 aliphatic carbocycles. The van der Waals surface area contributed by atoms with E-state index in [4.69, 9.17) is 0 Å². The molecule has 4 nitrogen and oxygen atoms in total. The van der Waals surface area contributed by atoms with E-state index in [1.54, 1.807) is 0 Å². The molecule has 1 aromatic rings. The standard InChI is InChI=1S/C19H27N3O/c1-21(2)19(14-20)9-7-15(8-10-19)18(23)13-22-11-16-5-3-4-6-17(16)12-22/h3-6,15,18,23H,7-13H2,1-2H3. The Bertz CT molecular complexity index is 560. The molecule has 0 amide bonds. The van der Waals surface area contributed by atoms with Crippen LogP contribution in [0.3, 0.4) is 0 Å². The SMILES string of the molecule is CN(C)C1(C#N)CCC(C(O)CN2Cc3ccccc3C2)CC1. The highest BCUT2D eigenvalue weighted by atomic mass is 16.3. The molecule has 1 aromatic carbocycles. The van der Waals surface area contributed by atoms with Gasteiger partial charge in [-0.05, 0) is 56.8 Å². The molecule has 1 heterocycles. The fourth-order valence-corrected chi connectivity index (χ4v) is 4.11. The van der Waals surface area contributed by atoms with Gasteiger partial charge < -0.3 is 5.11 Å². The van der Waals surface area contributed by atoms with E-state index < -0.39 is 0 Å². The summed E-state index contributed by atoms with van der Waals surface area (Å²) in [6.07, 6.45) is 3.31. The van der Waals surface area contributed by atoms with Crippen LogP contribution in [0.2, 0.25) is 0 Å². The molecule has 0 radical (unpaired) electrons. The minimum absolute atomic E-state index is 0.289. The first-order chi connectivity index (χ1) is 11.0. The third kappa shape index (κ3) is 3.28. The molecule has 1 fully saturated rings. The van der Waals surface area contributed by atoms with Gasteiger partial charge in [0.25, 0.3) is 0 Å². The number of fused-ring (bicyclic) bond motifs is 1. The van der Waals surface area contributed by atoms with Crippen LogP contribution < -0.4 is 0 Å². The van der Waals surface area contributed by atoms with Crippen LogP contribution in [0.25, 0.3) is 0 Å². The van der Waals surface area contributed by atoms with Crippen molar-refractivity contribution in [2.45, 2.75) is 50.4 Å². The average Bonchev–Trinajstić information content (AvgIpc) is 2.96. The maximum Gasteiger partial charge on any atom is 0.108 e. The second-order valence-corrected chi connectivity index (χ2v) is 7.38. The Morgan fingerprint density at radius 3 is 2.30 bits per heavy atom. The summed E-state index contributed by atoms with van der Waals surface area (Å²) in [5, 5.41) is 20.2. The van der Waals surface area contributed by atoms with E-state index in [-0.39, 0.29) is 11.6 Å². The largest absolute Gasteiger partial charge is 0.392 e. The lowest BCUT2D eigenvalue weighted by molar-refractivity contribution is 0.0235. The number of nitriles is 1. The van der Waals surface area contributed by atoms with Gasteiger partial charge in [-0.25, -0.2) is 0 Å². The summed E-state index contributed by atoms with van der Waals surface area (Å²) in [6.45, 7) is 2.63. The lowest BCUT2D eigenvalue weighted by Gasteiger charge is -2.41. The first kappa shape index (κ1) is 16.4. The maximum atomic E-state index is 10.7. The number of aliphatic hydroxyl groups excluding tert-OH is 1. The molecule has 0 saturated heterocycles. The molecule has 0 aromatic heterocycles. The molecule has 3 rings (SSSR count).